The number of fused-ring (bicyclic) bond motifs is 1. The molecule has 0 fully saturated rings. The van der Waals surface area contributed by atoms with Crippen molar-refractivity contribution in [3.05, 3.63) is 41.9 Å². The second-order valence-electron chi connectivity index (χ2n) is 7.46. The lowest BCUT2D eigenvalue weighted by molar-refractivity contribution is 0.184. The summed E-state index contributed by atoms with van der Waals surface area (Å²) in [6.07, 6.45) is 9.37. The highest BCUT2D eigenvalue weighted by molar-refractivity contribution is 5.90. The molecule has 0 aromatic carbocycles. The largest absolute Gasteiger partial charge is 0.383 e. The number of nitrogens with one attached hydrogen (secondary N) is 2. The number of ether oxygens (including phenoxy) is 1. The normalized spacial score (nSPS) is 13.2. The predicted molar refractivity (Wildman–Crippen MR) is 126 cm³/mol. The fourth-order valence-electron chi connectivity index (χ4n) is 3.46. The van der Waals surface area contributed by atoms with Gasteiger partial charge in [0.2, 0.25) is 5.95 Å². The van der Waals surface area contributed by atoms with E-state index in [2.05, 4.69) is 33.7 Å². The maximum Gasteiger partial charge on any atom is 0.225 e. The Bertz CT molecular complexity index is 1110. The quantitative estimate of drug-likeness (QED) is 0.500. The molecule has 0 saturated carbocycles. The highest BCUT2D eigenvalue weighted by Crippen LogP contribution is 2.27. The Morgan fingerprint density at radius 1 is 1.22 bits per heavy atom. The van der Waals surface area contributed by atoms with E-state index in [0.29, 0.717) is 38.0 Å². The topological polar surface area (TPSA) is 105 Å². The van der Waals surface area contributed by atoms with E-state index in [1.54, 1.807) is 13.3 Å². The minimum absolute atomic E-state index is 0.540. The first-order valence-corrected chi connectivity index (χ1v) is 10.8. The number of pyridine rings is 1. The first-order chi connectivity index (χ1) is 15.7. The zero-order chi connectivity index (χ0) is 22.3. The minimum Gasteiger partial charge on any atom is -0.383 e. The van der Waals surface area contributed by atoms with Gasteiger partial charge in [0.05, 0.1) is 25.4 Å². The summed E-state index contributed by atoms with van der Waals surface area (Å²) in [6, 6.07) is 3.95. The van der Waals surface area contributed by atoms with Gasteiger partial charge in [0.15, 0.2) is 5.82 Å². The molecule has 2 N–H and O–H groups in total. The van der Waals surface area contributed by atoms with Gasteiger partial charge in [-0.05, 0) is 31.0 Å². The molecule has 0 aliphatic carbocycles. The molecular formula is C22H29N9O. The fraction of sp³-hybridized carbons (Fsp3) is 0.409. The summed E-state index contributed by atoms with van der Waals surface area (Å²) in [5.74, 6) is 1.93. The molecule has 10 heteroatoms. The molecule has 32 heavy (non-hydrogen) atoms. The Balaban J connectivity index is 1.67. The molecule has 10 nitrogen and oxygen atoms in total. The summed E-state index contributed by atoms with van der Waals surface area (Å²) in [5, 5.41) is 17.7. The summed E-state index contributed by atoms with van der Waals surface area (Å²) in [5.41, 5.74) is 3.71. The number of hydrogen-bond acceptors (Lipinski definition) is 9. The molecule has 0 radical (unpaired) electrons. The van der Waals surface area contributed by atoms with E-state index >= 15 is 0 Å². The molecule has 4 rings (SSSR count). The van der Waals surface area contributed by atoms with Gasteiger partial charge in [-0.3, -0.25) is 9.69 Å². The number of anilines is 3. The molecule has 0 unspecified atom stereocenters. The third-order valence-electron chi connectivity index (χ3n) is 5.03. The van der Waals surface area contributed by atoms with E-state index < -0.39 is 0 Å². The van der Waals surface area contributed by atoms with Crippen molar-refractivity contribution in [1.29, 1.82) is 0 Å². The number of hydrazone groups is 1. The highest BCUT2D eigenvalue weighted by atomic mass is 16.5. The van der Waals surface area contributed by atoms with Crippen molar-refractivity contribution in [3.8, 4) is 0 Å². The summed E-state index contributed by atoms with van der Waals surface area (Å²) in [7, 11) is 1.68. The smallest absolute Gasteiger partial charge is 0.225 e. The standard InChI is InChI=1S/C22H29N9O/c1-4-17-19-20(31(29-17)13-14-32-3)21(26-18-15-16(2)7-9-23-18)28-22(27-19)24-10-12-30-11-6-5-8-25-30/h6-9,11,15H,4-5,10,12-14H2,1-3H3,(H2,23,24,26,27,28). The summed E-state index contributed by atoms with van der Waals surface area (Å²) in [4.78, 5) is 14.0. The predicted octanol–water partition coefficient (Wildman–Crippen LogP) is 3.10. The lowest BCUT2D eigenvalue weighted by Gasteiger charge is -2.17. The van der Waals surface area contributed by atoms with Crippen molar-refractivity contribution in [1.82, 2.24) is 29.7 Å². The maximum absolute atomic E-state index is 5.28. The van der Waals surface area contributed by atoms with Gasteiger partial charge < -0.3 is 15.4 Å². The summed E-state index contributed by atoms with van der Waals surface area (Å²) in [6.45, 7) is 6.63. The van der Waals surface area contributed by atoms with Crippen LogP contribution in [0, 0.1) is 6.92 Å². The van der Waals surface area contributed by atoms with Gasteiger partial charge in [-0.2, -0.15) is 15.2 Å². The number of rotatable bonds is 10. The maximum atomic E-state index is 5.28. The van der Waals surface area contributed by atoms with Gasteiger partial charge in [-0.1, -0.05) is 13.0 Å². The molecule has 3 aromatic heterocycles. The second kappa shape index (κ2) is 10.2. The van der Waals surface area contributed by atoms with Gasteiger partial charge in [-0.15, -0.1) is 0 Å². The molecule has 0 saturated heterocycles. The van der Waals surface area contributed by atoms with Gasteiger partial charge >= 0.3 is 0 Å². The number of aromatic nitrogens is 5. The van der Waals surface area contributed by atoms with E-state index in [1.165, 1.54) is 0 Å². The van der Waals surface area contributed by atoms with Crippen LogP contribution in [0.1, 0.15) is 24.6 Å². The Morgan fingerprint density at radius 3 is 2.88 bits per heavy atom. The van der Waals surface area contributed by atoms with Gasteiger partial charge in [0.1, 0.15) is 16.9 Å². The van der Waals surface area contributed by atoms with Crippen molar-refractivity contribution in [2.24, 2.45) is 5.10 Å². The van der Waals surface area contributed by atoms with Crippen LogP contribution in [0.5, 0.6) is 0 Å². The third-order valence-corrected chi connectivity index (χ3v) is 5.03. The molecule has 0 spiro atoms. The molecule has 3 aromatic rings. The van der Waals surface area contributed by atoms with E-state index in [1.807, 2.05) is 41.2 Å². The SMILES string of the molecule is CCc1nn(CCOC)c2c(Nc3cc(C)ccn3)nc(NCCN3C=CCC=N3)nc12. The number of methoxy groups -OCH3 is 1. The van der Waals surface area contributed by atoms with Crippen LogP contribution in [0.15, 0.2) is 35.7 Å². The van der Waals surface area contributed by atoms with Crippen molar-refractivity contribution >= 4 is 34.8 Å². The van der Waals surface area contributed by atoms with Gasteiger partial charge in [-0.25, -0.2) is 9.97 Å². The summed E-state index contributed by atoms with van der Waals surface area (Å²) >= 11 is 0. The van der Waals surface area contributed by atoms with Gasteiger partial charge in [0, 0.05) is 38.7 Å². The first kappa shape index (κ1) is 21.7. The van der Waals surface area contributed by atoms with E-state index in [0.717, 1.165) is 41.0 Å². The van der Waals surface area contributed by atoms with Crippen LogP contribution >= 0.6 is 0 Å². The van der Waals surface area contributed by atoms with Crippen LogP contribution in [0.3, 0.4) is 0 Å². The zero-order valence-corrected chi connectivity index (χ0v) is 18.7. The van der Waals surface area contributed by atoms with Crippen LogP contribution in [-0.4, -0.2) is 62.8 Å². The molecule has 4 heterocycles. The zero-order valence-electron chi connectivity index (χ0n) is 18.7. The molecular weight excluding hydrogens is 406 g/mol. The number of aryl methyl sites for hydroxylation is 2. The van der Waals surface area contributed by atoms with Crippen molar-refractivity contribution in [2.45, 2.75) is 33.2 Å². The Hall–Kier alpha value is -3.53. The first-order valence-electron chi connectivity index (χ1n) is 10.8. The Labute approximate surface area is 187 Å². The van der Waals surface area contributed by atoms with Crippen molar-refractivity contribution in [3.63, 3.8) is 0 Å². The average molecular weight is 436 g/mol. The third kappa shape index (κ3) is 5.02. The van der Waals surface area contributed by atoms with Gasteiger partial charge in [0.25, 0.3) is 0 Å². The molecule has 1 aliphatic rings. The second-order valence-corrected chi connectivity index (χ2v) is 7.46. The molecule has 1 aliphatic heterocycles. The van der Waals surface area contributed by atoms with Crippen LogP contribution in [-0.2, 0) is 17.7 Å². The van der Waals surface area contributed by atoms with Crippen molar-refractivity contribution in [2.75, 3.05) is 37.4 Å². The van der Waals surface area contributed by atoms with E-state index in [4.69, 9.17) is 19.8 Å². The minimum atomic E-state index is 0.540. The Kier molecular flexibility index (Phi) is 6.90. The molecule has 0 amide bonds. The highest BCUT2D eigenvalue weighted by Gasteiger charge is 2.18. The molecule has 168 valence electrons. The van der Waals surface area contributed by atoms with E-state index in [9.17, 15) is 0 Å². The van der Waals surface area contributed by atoms with Crippen LogP contribution in [0.25, 0.3) is 11.0 Å². The average Bonchev–Trinajstić information content (AvgIpc) is 3.16. The van der Waals surface area contributed by atoms with E-state index in [-0.39, 0.29) is 0 Å². The van der Waals surface area contributed by atoms with Crippen LogP contribution in [0.4, 0.5) is 17.6 Å². The molecule has 0 atom stereocenters. The van der Waals surface area contributed by atoms with Crippen LogP contribution < -0.4 is 10.6 Å². The lowest BCUT2D eigenvalue weighted by atomic mass is 10.2. The van der Waals surface area contributed by atoms with Crippen molar-refractivity contribution < 1.29 is 4.74 Å². The molecule has 0 bridgehead atoms. The number of allylic oxidation sites excluding steroid dienone is 1. The van der Waals surface area contributed by atoms with Crippen LogP contribution in [0.2, 0.25) is 0 Å². The number of hydrogen-bond donors (Lipinski definition) is 2. The Morgan fingerprint density at radius 2 is 2.12 bits per heavy atom. The monoisotopic (exact) mass is 435 g/mol. The summed E-state index contributed by atoms with van der Waals surface area (Å²) < 4.78 is 7.19. The fourth-order valence-corrected chi connectivity index (χ4v) is 3.46. The number of nitrogens with zero attached hydrogens (tertiary/aromatic N) is 7. The lowest BCUT2D eigenvalue weighted by Crippen LogP contribution is -2.22.